The molecule has 0 aromatic heterocycles. The van der Waals surface area contributed by atoms with Gasteiger partial charge >= 0.3 is 5.97 Å². The van der Waals surface area contributed by atoms with Gasteiger partial charge in [-0.3, -0.25) is 0 Å². The smallest absolute Gasteiger partial charge is 0.363 e. The summed E-state index contributed by atoms with van der Waals surface area (Å²) in [6, 6.07) is 18.5. The maximum absolute atomic E-state index is 12.4. The number of rotatable bonds is 7. The summed E-state index contributed by atoms with van der Waals surface area (Å²) in [6.07, 6.45) is 1.65. The minimum absolute atomic E-state index is 0.197. The number of halogens is 3. The molecule has 168 valence electrons. The molecule has 0 aliphatic carbocycles. The molecule has 3 aromatic rings. The first-order valence-corrected chi connectivity index (χ1v) is 12.0. The molecule has 5 nitrogen and oxygen atoms in total. The highest BCUT2D eigenvalue weighted by atomic mass is 79.9. The van der Waals surface area contributed by atoms with Crippen LogP contribution in [0.2, 0.25) is 5.02 Å². The molecule has 33 heavy (non-hydrogen) atoms. The Hall–Kier alpha value is -2.61. The molecule has 0 unspecified atom stereocenters. The summed E-state index contributed by atoms with van der Waals surface area (Å²) >= 11 is 13.1. The summed E-state index contributed by atoms with van der Waals surface area (Å²) in [4.78, 5) is 16.8. The van der Waals surface area contributed by atoms with E-state index in [1.807, 2.05) is 61.5 Å². The van der Waals surface area contributed by atoms with Crippen LogP contribution in [0.25, 0.3) is 6.08 Å². The fourth-order valence-electron chi connectivity index (χ4n) is 3.17. The van der Waals surface area contributed by atoms with Crippen molar-refractivity contribution in [2.24, 2.45) is 4.99 Å². The van der Waals surface area contributed by atoms with Crippen molar-refractivity contribution >= 4 is 61.4 Å². The highest BCUT2D eigenvalue weighted by molar-refractivity contribution is 9.10. The summed E-state index contributed by atoms with van der Waals surface area (Å²) in [7, 11) is 0. The number of ether oxygens (including phenoxy) is 3. The number of esters is 1. The van der Waals surface area contributed by atoms with Crippen molar-refractivity contribution in [3.05, 3.63) is 97.0 Å². The predicted octanol–water partition coefficient (Wildman–Crippen LogP) is 7.19. The molecule has 0 fully saturated rings. The molecule has 1 aliphatic rings. The van der Waals surface area contributed by atoms with Crippen LogP contribution in [0, 0.1) is 0 Å². The molecule has 0 N–H and O–H groups in total. The van der Waals surface area contributed by atoms with Crippen LogP contribution in [0.5, 0.6) is 11.5 Å². The Morgan fingerprint density at radius 1 is 1.03 bits per heavy atom. The Morgan fingerprint density at radius 2 is 1.85 bits per heavy atom. The Labute approximate surface area is 213 Å². The number of benzene rings is 3. The van der Waals surface area contributed by atoms with Gasteiger partial charge < -0.3 is 14.2 Å². The molecule has 0 atom stereocenters. The van der Waals surface area contributed by atoms with Gasteiger partial charge in [-0.1, -0.05) is 35.9 Å². The van der Waals surface area contributed by atoms with Gasteiger partial charge in [-0.2, -0.15) is 0 Å². The summed E-state index contributed by atoms with van der Waals surface area (Å²) < 4.78 is 18.7. The average molecular weight is 592 g/mol. The zero-order chi connectivity index (χ0) is 23.4. The number of aliphatic imine (C=N–C) groups is 1. The minimum Gasteiger partial charge on any atom is -0.490 e. The first-order chi connectivity index (χ1) is 15.9. The van der Waals surface area contributed by atoms with Crippen LogP contribution in [0.3, 0.4) is 0 Å². The van der Waals surface area contributed by atoms with Gasteiger partial charge in [-0.15, -0.1) is 0 Å². The van der Waals surface area contributed by atoms with E-state index in [1.165, 1.54) is 0 Å². The predicted molar refractivity (Wildman–Crippen MR) is 136 cm³/mol. The first-order valence-electron chi connectivity index (χ1n) is 10.1. The maximum Gasteiger partial charge on any atom is 0.363 e. The standard InChI is InChI=1S/C25H18Br2ClNO4/c1-2-31-22-13-16(11-20(27)23(22)32-14-15-6-5-7-17(28)10-15)12-21-25(30)33-24(29-21)18-8-3-4-9-19(18)26/h3-13H,2,14H2,1H3/b21-12-. The Bertz CT molecular complexity index is 1270. The maximum atomic E-state index is 12.4. The van der Waals surface area contributed by atoms with Crippen molar-refractivity contribution in [2.75, 3.05) is 6.61 Å². The molecule has 0 spiro atoms. The van der Waals surface area contributed by atoms with Crippen molar-refractivity contribution in [1.82, 2.24) is 0 Å². The van der Waals surface area contributed by atoms with E-state index in [-0.39, 0.29) is 11.6 Å². The Morgan fingerprint density at radius 3 is 2.61 bits per heavy atom. The highest BCUT2D eigenvalue weighted by Gasteiger charge is 2.25. The second-order valence-electron chi connectivity index (χ2n) is 7.00. The topological polar surface area (TPSA) is 57.1 Å². The average Bonchev–Trinajstić information content (AvgIpc) is 3.13. The van der Waals surface area contributed by atoms with Crippen LogP contribution in [0.15, 0.2) is 80.3 Å². The molecule has 8 heteroatoms. The molecule has 1 heterocycles. The van der Waals surface area contributed by atoms with E-state index >= 15 is 0 Å². The number of nitrogens with zero attached hydrogens (tertiary/aromatic N) is 1. The zero-order valence-corrected chi connectivity index (χ0v) is 21.4. The summed E-state index contributed by atoms with van der Waals surface area (Å²) in [5, 5.41) is 0.646. The number of cyclic esters (lactones) is 1. The molecule has 0 radical (unpaired) electrons. The Kier molecular flexibility index (Phi) is 7.53. The molecule has 0 saturated heterocycles. The first kappa shape index (κ1) is 23.5. The fraction of sp³-hybridized carbons (Fsp3) is 0.120. The van der Waals surface area contributed by atoms with Crippen LogP contribution in [-0.4, -0.2) is 18.5 Å². The van der Waals surface area contributed by atoms with Crippen LogP contribution in [-0.2, 0) is 16.1 Å². The lowest BCUT2D eigenvalue weighted by Crippen LogP contribution is -2.05. The third kappa shape index (κ3) is 5.66. The number of hydrogen-bond acceptors (Lipinski definition) is 5. The van der Waals surface area contributed by atoms with Gasteiger partial charge in [0.1, 0.15) is 6.61 Å². The van der Waals surface area contributed by atoms with Crippen LogP contribution >= 0.6 is 43.5 Å². The monoisotopic (exact) mass is 589 g/mol. The lowest BCUT2D eigenvalue weighted by molar-refractivity contribution is -0.129. The summed E-state index contributed by atoms with van der Waals surface area (Å²) in [5.74, 6) is 0.841. The third-order valence-electron chi connectivity index (χ3n) is 4.63. The van der Waals surface area contributed by atoms with E-state index in [0.29, 0.717) is 45.3 Å². The van der Waals surface area contributed by atoms with E-state index < -0.39 is 5.97 Å². The summed E-state index contributed by atoms with van der Waals surface area (Å²) in [6.45, 7) is 2.67. The van der Waals surface area contributed by atoms with Crippen LogP contribution < -0.4 is 9.47 Å². The molecule has 0 bridgehead atoms. The van der Waals surface area contributed by atoms with E-state index in [2.05, 4.69) is 36.9 Å². The van der Waals surface area contributed by atoms with Gasteiger partial charge in [-0.05, 0) is 92.4 Å². The van der Waals surface area contributed by atoms with E-state index in [0.717, 1.165) is 10.0 Å². The molecular formula is C25H18Br2ClNO4. The SMILES string of the molecule is CCOc1cc(/C=C2\N=C(c3ccccc3Br)OC2=O)cc(Br)c1OCc1cccc(Cl)c1. The van der Waals surface area contributed by atoms with E-state index in [4.69, 9.17) is 25.8 Å². The molecule has 1 aliphatic heterocycles. The lowest BCUT2D eigenvalue weighted by atomic mass is 10.1. The van der Waals surface area contributed by atoms with Crippen molar-refractivity contribution < 1.29 is 19.0 Å². The van der Waals surface area contributed by atoms with Gasteiger partial charge in [0.15, 0.2) is 17.2 Å². The van der Waals surface area contributed by atoms with Gasteiger partial charge in [0.05, 0.1) is 16.6 Å². The fourth-order valence-corrected chi connectivity index (χ4v) is 4.41. The molecule has 0 amide bonds. The molecular weight excluding hydrogens is 574 g/mol. The minimum atomic E-state index is -0.517. The van der Waals surface area contributed by atoms with Gasteiger partial charge in [0.2, 0.25) is 5.90 Å². The van der Waals surface area contributed by atoms with Crippen LogP contribution in [0.4, 0.5) is 0 Å². The highest BCUT2D eigenvalue weighted by Crippen LogP contribution is 2.38. The normalized spacial score (nSPS) is 14.2. The molecule has 4 rings (SSSR count). The Balaban J connectivity index is 1.62. The second kappa shape index (κ2) is 10.5. The van der Waals surface area contributed by atoms with Crippen molar-refractivity contribution in [3.8, 4) is 11.5 Å². The van der Waals surface area contributed by atoms with Crippen LogP contribution in [0.1, 0.15) is 23.6 Å². The van der Waals surface area contributed by atoms with E-state index in [1.54, 1.807) is 12.1 Å². The molecule has 0 saturated carbocycles. The zero-order valence-electron chi connectivity index (χ0n) is 17.5. The van der Waals surface area contributed by atoms with Crippen molar-refractivity contribution in [3.63, 3.8) is 0 Å². The van der Waals surface area contributed by atoms with E-state index in [9.17, 15) is 4.79 Å². The third-order valence-corrected chi connectivity index (χ3v) is 6.15. The largest absolute Gasteiger partial charge is 0.490 e. The number of carbonyl (C=O) groups excluding carboxylic acids is 1. The van der Waals surface area contributed by atoms with Crippen molar-refractivity contribution in [2.45, 2.75) is 13.5 Å². The summed E-state index contributed by atoms with van der Waals surface area (Å²) in [5.41, 5.74) is 2.55. The quantitative estimate of drug-likeness (QED) is 0.216. The lowest BCUT2D eigenvalue weighted by Gasteiger charge is -2.15. The number of hydrogen-bond donors (Lipinski definition) is 0. The van der Waals surface area contributed by atoms with Crippen molar-refractivity contribution in [1.29, 1.82) is 0 Å². The second-order valence-corrected chi connectivity index (χ2v) is 9.14. The van der Waals surface area contributed by atoms with Gasteiger partial charge in [0, 0.05) is 9.50 Å². The number of carbonyl (C=O) groups is 1. The van der Waals surface area contributed by atoms with Gasteiger partial charge in [-0.25, -0.2) is 9.79 Å². The van der Waals surface area contributed by atoms with Gasteiger partial charge in [0.25, 0.3) is 0 Å². The molecule has 3 aromatic carbocycles.